The lowest BCUT2D eigenvalue weighted by molar-refractivity contribution is -0.135. The summed E-state index contributed by atoms with van der Waals surface area (Å²) in [6.45, 7) is 4.70. The van der Waals surface area contributed by atoms with Crippen LogP contribution >= 0.6 is 0 Å². The van der Waals surface area contributed by atoms with Gasteiger partial charge in [0.05, 0.1) is 18.4 Å². The Morgan fingerprint density at radius 3 is 2.64 bits per heavy atom. The molecule has 1 aromatic carbocycles. The van der Waals surface area contributed by atoms with E-state index in [-0.39, 0.29) is 0 Å². The van der Waals surface area contributed by atoms with Gasteiger partial charge in [0.15, 0.2) is 11.6 Å². The third kappa shape index (κ3) is 3.63. The molecule has 0 aromatic heterocycles. The summed E-state index contributed by atoms with van der Waals surface area (Å²) in [5.41, 5.74) is 4.36. The first-order valence-corrected chi connectivity index (χ1v) is 6.91. The molecule has 1 N–H and O–H groups in total. The molecule has 0 aliphatic carbocycles. The van der Waals surface area contributed by atoms with Gasteiger partial charge in [0.1, 0.15) is 0 Å². The summed E-state index contributed by atoms with van der Waals surface area (Å²) in [5.74, 6) is -2.00. The Kier molecular flexibility index (Phi) is 4.80. The average molecular weight is 308 g/mol. The van der Waals surface area contributed by atoms with Gasteiger partial charge in [-0.05, 0) is 30.2 Å². The minimum absolute atomic E-state index is 0.335. The summed E-state index contributed by atoms with van der Waals surface area (Å²) in [4.78, 5) is 11.8. The molecule has 0 unspecified atom stereocenters. The molecular weight excluding hydrogens is 290 g/mol. The number of nitrogens with zero attached hydrogens (tertiary/aromatic N) is 1. The molecule has 2 rings (SSSR count). The van der Waals surface area contributed by atoms with Crippen molar-refractivity contribution in [2.45, 2.75) is 13.8 Å². The van der Waals surface area contributed by atoms with Crippen molar-refractivity contribution in [2.75, 3.05) is 13.7 Å². The highest BCUT2D eigenvalue weighted by Gasteiger charge is 2.19. The Labute approximate surface area is 128 Å². The van der Waals surface area contributed by atoms with E-state index in [2.05, 4.69) is 5.43 Å². The standard InChI is InChI=1S/C16H18F2N2O2/c1-10(2)8-20-9-12(16(21)22-3)7-15(19-20)11-4-5-13(17)14(18)6-11/h4-7,9-10,19H,8H2,1-3H3. The molecular formula is C16H18F2N2O2. The number of halogens is 2. The van der Waals surface area contributed by atoms with Crippen molar-refractivity contribution in [3.8, 4) is 0 Å². The molecule has 0 saturated heterocycles. The minimum Gasteiger partial charge on any atom is -0.465 e. The van der Waals surface area contributed by atoms with Gasteiger partial charge in [0.2, 0.25) is 0 Å². The number of benzene rings is 1. The van der Waals surface area contributed by atoms with Crippen LogP contribution in [0.4, 0.5) is 8.78 Å². The second-order valence-electron chi connectivity index (χ2n) is 5.42. The second kappa shape index (κ2) is 6.60. The van der Waals surface area contributed by atoms with Crippen LogP contribution in [-0.4, -0.2) is 24.6 Å². The fraction of sp³-hybridized carbons (Fsp3) is 0.312. The largest absolute Gasteiger partial charge is 0.465 e. The molecule has 22 heavy (non-hydrogen) atoms. The van der Waals surface area contributed by atoms with E-state index in [1.54, 1.807) is 17.3 Å². The molecule has 6 heteroatoms. The van der Waals surface area contributed by atoms with Crippen LogP contribution in [0.2, 0.25) is 0 Å². The van der Waals surface area contributed by atoms with E-state index < -0.39 is 17.6 Å². The van der Waals surface area contributed by atoms with Crippen LogP contribution in [0, 0.1) is 17.6 Å². The van der Waals surface area contributed by atoms with E-state index in [1.807, 2.05) is 13.8 Å². The Morgan fingerprint density at radius 2 is 2.05 bits per heavy atom. The quantitative estimate of drug-likeness (QED) is 0.869. The maximum Gasteiger partial charge on any atom is 0.339 e. The maximum atomic E-state index is 13.4. The summed E-state index contributed by atoms with van der Waals surface area (Å²) in [6, 6.07) is 3.59. The lowest BCUT2D eigenvalue weighted by Crippen LogP contribution is -2.38. The Bertz CT molecular complexity index is 639. The predicted molar refractivity (Wildman–Crippen MR) is 79.1 cm³/mol. The molecule has 1 aliphatic rings. The number of hydrogen-bond acceptors (Lipinski definition) is 4. The van der Waals surface area contributed by atoms with Gasteiger partial charge in [0, 0.05) is 18.3 Å². The number of ether oxygens (including phenoxy) is 1. The molecule has 0 amide bonds. The van der Waals surface area contributed by atoms with E-state index in [0.29, 0.717) is 29.3 Å². The van der Waals surface area contributed by atoms with Crippen molar-refractivity contribution < 1.29 is 18.3 Å². The monoisotopic (exact) mass is 308 g/mol. The Hall–Kier alpha value is -2.37. The Morgan fingerprint density at radius 1 is 1.32 bits per heavy atom. The zero-order valence-corrected chi connectivity index (χ0v) is 12.7. The van der Waals surface area contributed by atoms with Gasteiger partial charge < -0.3 is 4.74 Å². The van der Waals surface area contributed by atoms with Crippen molar-refractivity contribution in [1.82, 2.24) is 10.4 Å². The molecule has 0 fully saturated rings. The number of nitrogens with one attached hydrogen (secondary N) is 1. The summed E-state index contributed by atoms with van der Waals surface area (Å²) in [5, 5.41) is 1.73. The van der Waals surface area contributed by atoms with E-state index in [4.69, 9.17) is 4.74 Å². The summed E-state index contributed by atoms with van der Waals surface area (Å²) >= 11 is 0. The normalized spacial score (nSPS) is 14.4. The molecule has 0 spiro atoms. The molecule has 0 radical (unpaired) electrons. The molecule has 1 heterocycles. The van der Waals surface area contributed by atoms with Gasteiger partial charge in [-0.25, -0.2) is 13.6 Å². The zero-order chi connectivity index (χ0) is 16.3. The first kappa shape index (κ1) is 16.0. The summed E-state index contributed by atoms with van der Waals surface area (Å²) < 4.78 is 31.2. The van der Waals surface area contributed by atoms with Crippen molar-refractivity contribution >= 4 is 11.7 Å². The predicted octanol–water partition coefficient (Wildman–Crippen LogP) is 2.84. The third-order valence-corrected chi connectivity index (χ3v) is 3.07. The molecule has 0 bridgehead atoms. The number of methoxy groups -OCH3 is 1. The van der Waals surface area contributed by atoms with E-state index in [0.717, 1.165) is 12.1 Å². The Balaban J connectivity index is 2.36. The lowest BCUT2D eigenvalue weighted by Gasteiger charge is -2.30. The van der Waals surface area contributed by atoms with Crippen LogP contribution < -0.4 is 5.43 Å². The van der Waals surface area contributed by atoms with Crippen molar-refractivity contribution in [3.05, 3.63) is 53.2 Å². The highest BCUT2D eigenvalue weighted by Crippen LogP contribution is 2.22. The first-order chi connectivity index (χ1) is 10.4. The summed E-state index contributed by atoms with van der Waals surface area (Å²) in [6.07, 6.45) is 3.19. The average Bonchev–Trinajstić information content (AvgIpc) is 2.48. The highest BCUT2D eigenvalue weighted by atomic mass is 19.2. The third-order valence-electron chi connectivity index (χ3n) is 3.07. The number of rotatable bonds is 4. The van der Waals surface area contributed by atoms with Gasteiger partial charge in [-0.15, -0.1) is 0 Å². The van der Waals surface area contributed by atoms with Crippen LogP contribution in [0.15, 0.2) is 36.0 Å². The number of carbonyl (C=O) groups is 1. The summed E-state index contributed by atoms with van der Waals surface area (Å²) in [7, 11) is 1.29. The van der Waals surface area contributed by atoms with E-state index in [1.165, 1.54) is 13.2 Å². The van der Waals surface area contributed by atoms with Crippen molar-refractivity contribution in [2.24, 2.45) is 5.92 Å². The first-order valence-electron chi connectivity index (χ1n) is 6.91. The molecule has 1 aliphatic heterocycles. The second-order valence-corrected chi connectivity index (χ2v) is 5.42. The topological polar surface area (TPSA) is 41.6 Å². The zero-order valence-electron chi connectivity index (χ0n) is 12.7. The van der Waals surface area contributed by atoms with Gasteiger partial charge in [-0.1, -0.05) is 13.8 Å². The van der Waals surface area contributed by atoms with Crippen LogP contribution in [-0.2, 0) is 9.53 Å². The van der Waals surface area contributed by atoms with Crippen molar-refractivity contribution in [1.29, 1.82) is 0 Å². The van der Waals surface area contributed by atoms with E-state index >= 15 is 0 Å². The number of hydrazine groups is 1. The fourth-order valence-electron chi connectivity index (χ4n) is 2.11. The van der Waals surface area contributed by atoms with E-state index in [9.17, 15) is 13.6 Å². The molecule has 0 atom stereocenters. The number of esters is 1. The molecule has 118 valence electrons. The van der Waals surface area contributed by atoms with Crippen LogP contribution in [0.5, 0.6) is 0 Å². The van der Waals surface area contributed by atoms with Crippen LogP contribution in [0.25, 0.3) is 5.70 Å². The van der Waals surface area contributed by atoms with Gasteiger partial charge in [-0.3, -0.25) is 10.4 Å². The molecule has 0 saturated carbocycles. The number of hydrogen-bond donors (Lipinski definition) is 1. The maximum absolute atomic E-state index is 13.4. The SMILES string of the molecule is COC(=O)C1=CN(CC(C)C)NC(c2ccc(F)c(F)c2)=C1. The van der Waals surface area contributed by atoms with Gasteiger partial charge >= 0.3 is 5.97 Å². The van der Waals surface area contributed by atoms with Crippen LogP contribution in [0.1, 0.15) is 19.4 Å². The van der Waals surface area contributed by atoms with Crippen LogP contribution in [0.3, 0.4) is 0 Å². The smallest absolute Gasteiger partial charge is 0.339 e. The molecule has 1 aromatic rings. The van der Waals surface area contributed by atoms with Crippen molar-refractivity contribution in [3.63, 3.8) is 0 Å². The minimum atomic E-state index is -0.940. The van der Waals surface area contributed by atoms with Gasteiger partial charge in [-0.2, -0.15) is 0 Å². The number of carbonyl (C=O) groups excluding carboxylic acids is 1. The fourth-order valence-corrected chi connectivity index (χ4v) is 2.11. The molecule has 4 nitrogen and oxygen atoms in total. The van der Waals surface area contributed by atoms with Gasteiger partial charge in [0.25, 0.3) is 0 Å². The lowest BCUT2D eigenvalue weighted by atomic mass is 10.1. The highest BCUT2D eigenvalue weighted by molar-refractivity contribution is 5.94.